The number of ether oxygens (including phenoxy) is 1. The topological polar surface area (TPSA) is 75.5 Å². The van der Waals surface area contributed by atoms with Gasteiger partial charge in [0.2, 0.25) is 0 Å². The van der Waals surface area contributed by atoms with Crippen molar-refractivity contribution in [2.45, 2.75) is 19.9 Å². The number of aryl methyl sites for hydroxylation is 1. The summed E-state index contributed by atoms with van der Waals surface area (Å²) in [6, 6.07) is 9.61. The first kappa shape index (κ1) is 15.9. The van der Waals surface area contributed by atoms with Crippen molar-refractivity contribution < 1.29 is 9.53 Å². The Bertz CT molecular complexity index is 1190. The summed E-state index contributed by atoms with van der Waals surface area (Å²) in [5.74, 6) is 0.757. The van der Waals surface area contributed by atoms with Crippen LogP contribution in [0.2, 0.25) is 0 Å². The number of methoxy groups -OCH3 is 1. The van der Waals surface area contributed by atoms with Crippen LogP contribution in [0.5, 0.6) is 5.75 Å². The Morgan fingerprint density at radius 3 is 3.00 bits per heavy atom. The minimum absolute atomic E-state index is 0.00689. The Balaban J connectivity index is 1.45. The number of H-pyrrole nitrogens is 1. The first-order valence-electron chi connectivity index (χ1n) is 8.91. The second-order valence-electron chi connectivity index (χ2n) is 6.90. The third kappa shape index (κ3) is 2.54. The van der Waals surface area contributed by atoms with Crippen LogP contribution in [0.15, 0.2) is 36.5 Å². The zero-order valence-corrected chi connectivity index (χ0v) is 15.2. The molecule has 136 valence electrons. The molecule has 0 aliphatic carbocycles. The van der Waals surface area contributed by atoms with Gasteiger partial charge in [-0.25, -0.2) is 9.50 Å². The molecule has 0 atom stereocenters. The first-order chi connectivity index (χ1) is 13.1. The van der Waals surface area contributed by atoms with Gasteiger partial charge in [0.15, 0.2) is 5.65 Å². The predicted molar refractivity (Wildman–Crippen MR) is 101 cm³/mol. The smallest absolute Gasteiger partial charge is 0.270 e. The van der Waals surface area contributed by atoms with Crippen LogP contribution in [0, 0.1) is 6.92 Å². The second-order valence-corrected chi connectivity index (χ2v) is 6.90. The normalized spacial score (nSPS) is 13.9. The molecule has 27 heavy (non-hydrogen) atoms. The van der Waals surface area contributed by atoms with Gasteiger partial charge in [-0.15, -0.1) is 0 Å². The van der Waals surface area contributed by atoms with Crippen LogP contribution in [0.3, 0.4) is 0 Å². The van der Waals surface area contributed by atoms with Gasteiger partial charge < -0.3 is 14.6 Å². The van der Waals surface area contributed by atoms with E-state index < -0.39 is 0 Å². The van der Waals surface area contributed by atoms with E-state index in [1.54, 1.807) is 7.11 Å². The molecule has 1 amide bonds. The maximum Gasteiger partial charge on any atom is 0.270 e. The van der Waals surface area contributed by atoms with E-state index in [-0.39, 0.29) is 5.91 Å². The predicted octanol–water partition coefficient (Wildman–Crippen LogP) is 2.73. The molecule has 7 heteroatoms. The highest BCUT2D eigenvalue weighted by Gasteiger charge is 2.25. The van der Waals surface area contributed by atoms with E-state index in [0.717, 1.165) is 45.7 Å². The SMILES string of the molecule is COc1ccc2cc(C(=O)N3CCc4c(cnc5cc(C)nn45)C3)[nH]c2c1. The van der Waals surface area contributed by atoms with Gasteiger partial charge >= 0.3 is 0 Å². The molecule has 0 saturated carbocycles. The molecule has 0 radical (unpaired) electrons. The van der Waals surface area contributed by atoms with Crippen LogP contribution in [-0.4, -0.2) is 44.0 Å². The molecule has 0 fully saturated rings. The van der Waals surface area contributed by atoms with E-state index in [2.05, 4.69) is 15.1 Å². The minimum Gasteiger partial charge on any atom is -0.497 e. The van der Waals surface area contributed by atoms with E-state index in [4.69, 9.17) is 4.74 Å². The molecule has 0 saturated heterocycles. The molecule has 0 bridgehead atoms. The van der Waals surface area contributed by atoms with Gasteiger partial charge in [0.05, 0.1) is 18.5 Å². The van der Waals surface area contributed by atoms with Crippen molar-refractivity contribution in [3.63, 3.8) is 0 Å². The zero-order valence-electron chi connectivity index (χ0n) is 15.2. The van der Waals surface area contributed by atoms with E-state index in [1.807, 2.05) is 52.9 Å². The molecule has 1 aliphatic heterocycles. The monoisotopic (exact) mass is 361 g/mol. The number of hydrogen-bond acceptors (Lipinski definition) is 4. The lowest BCUT2D eigenvalue weighted by atomic mass is 10.1. The highest BCUT2D eigenvalue weighted by molar-refractivity contribution is 5.98. The summed E-state index contributed by atoms with van der Waals surface area (Å²) in [6.45, 7) is 3.15. The number of aromatic amines is 1. The van der Waals surface area contributed by atoms with Crippen molar-refractivity contribution >= 4 is 22.5 Å². The van der Waals surface area contributed by atoms with Crippen molar-refractivity contribution in [2.75, 3.05) is 13.7 Å². The number of carbonyl (C=O) groups is 1. The Morgan fingerprint density at radius 1 is 1.26 bits per heavy atom. The van der Waals surface area contributed by atoms with E-state index in [9.17, 15) is 4.79 Å². The standard InChI is InChI=1S/C20H19N5O2/c1-12-7-19-21-10-14-11-24(6-5-18(14)25(19)23-12)20(26)17-8-13-3-4-15(27-2)9-16(13)22-17/h3-4,7-10,22H,5-6,11H2,1-2H3. The molecule has 0 unspecified atom stereocenters. The molecular weight excluding hydrogens is 342 g/mol. The molecule has 3 aromatic heterocycles. The number of hydrogen-bond donors (Lipinski definition) is 1. The number of rotatable bonds is 2. The van der Waals surface area contributed by atoms with E-state index in [1.165, 1.54) is 0 Å². The number of nitrogens with one attached hydrogen (secondary N) is 1. The number of aromatic nitrogens is 4. The molecule has 4 heterocycles. The fraction of sp³-hybridized carbons (Fsp3) is 0.250. The highest BCUT2D eigenvalue weighted by Crippen LogP contribution is 2.24. The molecule has 1 aliphatic rings. The third-order valence-electron chi connectivity index (χ3n) is 5.12. The molecule has 1 aromatic carbocycles. The lowest BCUT2D eigenvalue weighted by molar-refractivity contribution is 0.0727. The van der Waals surface area contributed by atoms with Crippen molar-refractivity contribution in [3.05, 3.63) is 59.2 Å². The summed E-state index contributed by atoms with van der Waals surface area (Å²) in [6.07, 6.45) is 2.62. The fourth-order valence-electron chi connectivity index (χ4n) is 3.75. The third-order valence-corrected chi connectivity index (χ3v) is 5.12. The Hall–Kier alpha value is -3.35. The molecular formula is C20H19N5O2. The molecule has 0 spiro atoms. The number of carbonyl (C=O) groups excluding carboxylic acids is 1. The summed E-state index contributed by atoms with van der Waals surface area (Å²) < 4.78 is 7.16. The molecule has 5 rings (SSSR count). The Morgan fingerprint density at radius 2 is 2.15 bits per heavy atom. The van der Waals surface area contributed by atoms with Crippen molar-refractivity contribution in [2.24, 2.45) is 0 Å². The van der Waals surface area contributed by atoms with Gasteiger partial charge in [0.25, 0.3) is 5.91 Å². The Labute approximate surface area is 155 Å². The average molecular weight is 361 g/mol. The van der Waals surface area contributed by atoms with Crippen LogP contribution in [0.1, 0.15) is 27.4 Å². The minimum atomic E-state index is -0.00689. The zero-order chi connectivity index (χ0) is 18.5. The van der Waals surface area contributed by atoms with Crippen LogP contribution >= 0.6 is 0 Å². The summed E-state index contributed by atoms with van der Waals surface area (Å²) in [5, 5.41) is 5.52. The van der Waals surface area contributed by atoms with Gasteiger partial charge in [-0.05, 0) is 25.1 Å². The second kappa shape index (κ2) is 5.84. The average Bonchev–Trinajstić information content (AvgIpc) is 3.28. The maximum absolute atomic E-state index is 13.0. The number of fused-ring (bicyclic) bond motifs is 4. The van der Waals surface area contributed by atoms with Crippen LogP contribution in [-0.2, 0) is 13.0 Å². The van der Waals surface area contributed by atoms with Gasteiger partial charge in [0, 0.05) is 54.3 Å². The largest absolute Gasteiger partial charge is 0.497 e. The van der Waals surface area contributed by atoms with Crippen LogP contribution in [0.4, 0.5) is 0 Å². The summed E-state index contributed by atoms with van der Waals surface area (Å²) in [4.78, 5) is 22.6. The quantitative estimate of drug-likeness (QED) is 0.596. The fourth-order valence-corrected chi connectivity index (χ4v) is 3.75. The number of benzene rings is 1. The molecule has 7 nitrogen and oxygen atoms in total. The summed E-state index contributed by atoms with van der Waals surface area (Å²) in [7, 11) is 1.63. The van der Waals surface area contributed by atoms with Crippen LogP contribution in [0.25, 0.3) is 16.6 Å². The first-order valence-corrected chi connectivity index (χ1v) is 8.91. The Kier molecular flexibility index (Phi) is 3.43. The number of nitrogens with zero attached hydrogens (tertiary/aromatic N) is 4. The highest BCUT2D eigenvalue weighted by atomic mass is 16.5. The lowest BCUT2D eigenvalue weighted by Crippen LogP contribution is -2.37. The molecule has 4 aromatic rings. The van der Waals surface area contributed by atoms with Crippen molar-refractivity contribution in [3.8, 4) is 5.75 Å². The van der Waals surface area contributed by atoms with Crippen molar-refractivity contribution in [1.29, 1.82) is 0 Å². The van der Waals surface area contributed by atoms with Crippen molar-refractivity contribution in [1.82, 2.24) is 24.5 Å². The number of amides is 1. The van der Waals surface area contributed by atoms with E-state index in [0.29, 0.717) is 18.8 Å². The lowest BCUT2D eigenvalue weighted by Gasteiger charge is -2.28. The van der Waals surface area contributed by atoms with E-state index >= 15 is 0 Å². The maximum atomic E-state index is 13.0. The van der Waals surface area contributed by atoms with Crippen LogP contribution < -0.4 is 4.74 Å². The molecule has 1 N–H and O–H groups in total. The van der Waals surface area contributed by atoms with Gasteiger partial charge in [-0.1, -0.05) is 0 Å². The van der Waals surface area contributed by atoms with Gasteiger partial charge in [-0.2, -0.15) is 5.10 Å². The van der Waals surface area contributed by atoms with Gasteiger partial charge in [0.1, 0.15) is 11.4 Å². The summed E-state index contributed by atoms with van der Waals surface area (Å²) in [5.41, 5.74) is 5.47. The summed E-state index contributed by atoms with van der Waals surface area (Å²) >= 11 is 0. The van der Waals surface area contributed by atoms with Gasteiger partial charge in [-0.3, -0.25) is 4.79 Å².